The Morgan fingerprint density at radius 2 is 1.80 bits per heavy atom. The van der Waals surface area contributed by atoms with Gasteiger partial charge in [0.2, 0.25) is 0 Å². The molecule has 15 heavy (non-hydrogen) atoms. The summed E-state index contributed by atoms with van der Waals surface area (Å²) in [5, 5.41) is 8.31. The first kappa shape index (κ1) is 11.4. The molecule has 1 rings (SSSR count). The number of rotatable bonds is 3. The Morgan fingerprint density at radius 3 is 2.27 bits per heavy atom. The first-order chi connectivity index (χ1) is 7.01. The second kappa shape index (κ2) is 4.69. The van der Waals surface area contributed by atoms with E-state index in [0.717, 1.165) is 5.56 Å². The number of halogens is 3. The zero-order valence-electron chi connectivity index (χ0n) is 7.71. The van der Waals surface area contributed by atoms with Crippen LogP contribution < -0.4 is 4.74 Å². The van der Waals surface area contributed by atoms with Crippen LogP contribution in [0.1, 0.15) is 12.0 Å². The Kier molecular flexibility index (Phi) is 3.56. The van der Waals surface area contributed by atoms with Crippen LogP contribution in [0.2, 0.25) is 0 Å². The molecular weight excluding hydrogens is 207 g/mol. The highest BCUT2D eigenvalue weighted by Gasteiger charge is 2.30. The lowest BCUT2D eigenvalue weighted by Crippen LogP contribution is -2.17. The quantitative estimate of drug-likeness (QED) is 0.776. The van der Waals surface area contributed by atoms with E-state index in [4.69, 9.17) is 5.26 Å². The van der Waals surface area contributed by atoms with E-state index < -0.39 is 6.36 Å². The summed E-state index contributed by atoms with van der Waals surface area (Å²) in [7, 11) is 0. The maximum atomic E-state index is 11.8. The number of alkyl halides is 3. The number of hydrogen-bond acceptors (Lipinski definition) is 2. The molecular formula is C10H8F3NO. The number of nitriles is 1. The van der Waals surface area contributed by atoms with E-state index >= 15 is 0 Å². The van der Waals surface area contributed by atoms with Crippen molar-refractivity contribution in [3.05, 3.63) is 29.8 Å². The molecule has 0 saturated heterocycles. The van der Waals surface area contributed by atoms with Gasteiger partial charge in [-0.15, -0.1) is 13.2 Å². The molecule has 0 N–H and O–H groups in total. The molecule has 0 bridgehead atoms. The number of aryl methyl sites for hydroxylation is 1. The van der Waals surface area contributed by atoms with Gasteiger partial charge in [-0.3, -0.25) is 0 Å². The van der Waals surface area contributed by atoms with Crippen molar-refractivity contribution in [3.63, 3.8) is 0 Å². The molecule has 1 aromatic carbocycles. The Morgan fingerprint density at radius 1 is 1.20 bits per heavy atom. The fourth-order valence-corrected chi connectivity index (χ4v) is 1.06. The molecule has 0 radical (unpaired) electrons. The summed E-state index contributed by atoms with van der Waals surface area (Å²) in [5.74, 6) is -0.247. The third kappa shape index (κ3) is 4.36. The van der Waals surface area contributed by atoms with Gasteiger partial charge in [0.1, 0.15) is 5.75 Å². The average molecular weight is 215 g/mol. The van der Waals surface area contributed by atoms with Gasteiger partial charge in [0.25, 0.3) is 0 Å². The van der Waals surface area contributed by atoms with Gasteiger partial charge < -0.3 is 4.74 Å². The summed E-state index contributed by atoms with van der Waals surface area (Å²) >= 11 is 0. The lowest BCUT2D eigenvalue weighted by molar-refractivity contribution is -0.274. The van der Waals surface area contributed by atoms with E-state index in [1.54, 1.807) is 0 Å². The van der Waals surface area contributed by atoms with Crippen LogP contribution in [-0.4, -0.2) is 6.36 Å². The van der Waals surface area contributed by atoms with Gasteiger partial charge in [-0.25, -0.2) is 0 Å². The van der Waals surface area contributed by atoms with Crippen molar-refractivity contribution >= 4 is 0 Å². The molecule has 80 valence electrons. The normalized spacial score (nSPS) is 10.8. The van der Waals surface area contributed by atoms with Gasteiger partial charge in [-0.05, 0) is 24.1 Å². The second-order valence-corrected chi connectivity index (χ2v) is 2.85. The monoisotopic (exact) mass is 215 g/mol. The summed E-state index contributed by atoms with van der Waals surface area (Å²) in [6.45, 7) is 0. The molecule has 0 heterocycles. The fourth-order valence-electron chi connectivity index (χ4n) is 1.06. The molecule has 0 fully saturated rings. The predicted octanol–water partition coefficient (Wildman–Crippen LogP) is 3.04. The molecule has 0 amide bonds. The average Bonchev–Trinajstić information content (AvgIpc) is 2.14. The van der Waals surface area contributed by atoms with Gasteiger partial charge in [0.15, 0.2) is 0 Å². The Balaban J connectivity index is 2.61. The van der Waals surface area contributed by atoms with Gasteiger partial charge >= 0.3 is 6.36 Å². The lowest BCUT2D eigenvalue weighted by Gasteiger charge is -2.08. The second-order valence-electron chi connectivity index (χ2n) is 2.85. The Bertz CT molecular complexity index is 350. The Hall–Kier alpha value is -1.70. The highest BCUT2D eigenvalue weighted by molar-refractivity contribution is 5.27. The fraction of sp³-hybridized carbons (Fsp3) is 0.300. The van der Waals surface area contributed by atoms with Crippen LogP contribution in [-0.2, 0) is 6.42 Å². The van der Waals surface area contributed by atoms with Crippen molar-refractivity contribution in [1.82, 2.24) is 0 Å². The third-order valence-electron chi connectivity index (χ3n) is 1.68. The molecule has 0 atom stereocenters. The molecule has 0 aliphatic heterocycles. The summed E-state index contributed by atoms with van der Waals surface area (Å²) in [6.07, 6.45) is -3.78. The van der Waals surface area contributed by atoms with Gasteiger partial charge in [-0.1, -0.05) is 12.1 Å². The smallest absolute Gasteiger partial charge is 0.406 e. The summed E-state index contributed by atoms with van der Waals surface area (Å²) < 4.78 is 39.0. The summed E-state index contributed by atoms with van der Waals surface area (Å²) in [4.78, 5) is 0. The van der Waals surface area contributed by atoms with Crippen LogP contribution in [0, 0.1) is 11.3 Å². The standard InChI is InChI=1S/C10H8F3NO/c11-10(12,13)15-9-5-3-8(4-6-9)2-1-7-14/h3-6H,1-2H2. The number of benzene rings is 1. The van der Waals surface area contributed by atoms with Crippen molar-refractivity contribution in [2.24, 2.45) is 0 Å². The van der Waals surface area contributed by atoms with Crippen LogP contribution in [0.4, 0.5) is 13.2 Å². The van der Waals surface area contributed by atoms with Crippen LogP contribution in [0.5, 0.6) is 5.75 Å². The van der Waals surface area contributed by atoms with Crippen LogP contribution in [0.25, 0.3) is 0 Å². The van der Waals surface area contributed by atoms with Crippen molar-refractivity contribution in [2.45, 2.75) is 19.2 Å². The molecule has 0 unspecified atom stereocenters. The van der Waals surface area contributed by atoms with E-state index in [1.807, 2.05) is 6.07 Å². The maximum Gasteiger partial charge on any atom is 0.573 e. The highest BCUT2D eigenvalue weighted by atomic mass is 19.4. The Labute approximate surface area is 84.9 Å². The lowest BCUT2D eigenvalue weighted by atomic mass is 10.1. The number of ether oxygens (including phenoxy) is 1. The molecule has 0 aliphatic carbocycles. The molecule has 5 heteroatoms. The largest absolute Gasteiger partial charge is 0.573 e. The minimum atomic E-state index is -4.66. The van der Waals surface area contributed by atoms with Crippen molar-refractivity contribution in [3.8, 4) is 11.8 Å². The predicted molar refractivity (Wildman–Crippen MR) is 47.1 cm³/mol. The zero-order chi connectivity index (χ0) is 11.3. The third-order valence-corrected chi connectivity index (χ3v) is 1.68. The highest BCUT2D eigenvalue weighted by Crippen LogP contribution is 2.22. The molecule has 0 aromatic heterocycles. The van der Waals surface area contributed by atoms with E-state index in [1.165, 1.54) is 24.3 Å². The van der Waals surface area contributed by atoms with Crippen molar-refractivity contribution in [1.29, 1.82) is 5.26 Å². The van der Waals surface area contributed by atoms with E-state index in [2.05, 4.69) is 4.74 Å². The summed E-state index contributed by atoms with van der Waals surface area (Å²) in [6, 6.07) is 7.46. The number of nitrogens with zero attached hydrogens (tertiary/aromatic N) is 1. The first-order valence-electron chi connectivity index (χ1n) is 4.23. The zero-order valence-corrected chi connectivity index (χ0v) is 7.71. The summed E-state index contributed by atoms with van der Waals surface area (Å²) in [5.41, 5.74) is 0.811. The van der Waals surface area contributed by atoms with E-state index in [0.29, 0.717) is 12.8 Å². The van der Waals surface area contributed by atoms with Gasteiger partial charge in [0, 0.05) is 6.42 Å². The van der Waals surface area contributed by atoms with Gasteiger partial charge in [-0.2, -0.15) is 5.26 Å². The van der Waals surface area contributed by atoms with Crippen molar-refractivity contribution < 1.29 is 17.9 Å². The maximum absolute atomic E-state index is 11.8. The molecule has 1 aromatic rings. The topological polar surface area (TPSA) is 33.0 Å². The molecule has 0 aliphatic rings. The molecule has 0 saturated carbocycles. The molecule has 0 spiro atoms. The van der Waals surface area contributed by atoms with Gasteiger partial charge in [0.05, 0.1) is 6.07 Å². The van der Waals surface area contributed by atoms with Crippen LogP contribution >= 0.6 is 0 Å². The van der Waals surface area contributed by atoms with E-state index in [9.17, 15) is 13.2 Å². The first-order valence-corrected chi connectivity index (χ1v) is 4.23. The number of hydrogen-bond donors (Lipinski definition) is 0. The minimum Gasteiger partial charge on any atom is -0.406 e. The molecule has 2 nitrogen and oxygen atoms in total. The van der Waals surface area contributed by atoms with E-state index in [-0.39, 0.29) is 5.75 Å². The SMILES string of the molecule is N#CCCc1ccc(OC(F)(F)F)cc1. The minimum absolute atomic E-state index is 0.247. The van der Waals surface area contributed by atoms with Crippen LogP contribution in [0.15, 0.2) is 24.3 Å². The van der Waals surface area contributed by atoms with Crippen LogP contribution in [0.3, 0.4) is 0 Å². The van der Waals surface area contributed by atoms with Crippen molar-refractivity contribution in [2.75, 3.05) is 0 Å².